The Hall–Kier alpha value is -2.92. The normalized spacial score (nSPS) is 10.5. The van der Waals surface area contributed by atoms with Gasteiger partial charge in [-0.3, -0.25) is 9.59 Å². The van der Waals surface area contributed by atoms with Crippen LogP contribution < -0.4 is 0 Å². The van der Waals surface area contributed by atoms with E-state index in [0.717, 1.165) is 16.7 Å². The number of hydrogen-bond acceptors (Lipinski definition) is 1. The zero-order valence-corrected chi connectivity index (χ0v) is 12.6. The van der Waals surface area contributed by atoms with Crippen molar-refractivity contribution in [3.63, 3.8) is 0 Å². The van der Waals surface area contributed by atoms with Gasteiger partial charge in [0.25, 0.3) is 0 Å². The molecule has 2 heteroatoms. The summed E-state index contributed by atoms with van der Waals surface area (Å²) < 4.78 is 0. The van der Waals surface area contributed by atoms with Gasteiger partial charge in [0.1, 0.15) is 5.57 Å². The first-order valence-corrected chi connectivity index (χ1v) is 6.99. The van der Waals surface area contributed by atoms with Crippen molar-refractivity contribution in [1.82, 2.24) is 0 Å². The van der Waals surface area contributed by atoms with E-state index in [1.54, 1.807) is 6.08 Å². The van der Waals surface area contributed by atoms with Gasteiger partial charge in [0, 0.05) is 11.1 Å². The van der Waals surface area contributed by atoms with E-state index in [2.05, 4.69) is 11.8 Å². The Labute approximate surface area is 130 Å². The molecule has 2 nitrogen and oxygen atoms in total. The van der Waals surface area contributed by atoms with Crippen LogP contribution in [-0.2, 0) is 4.79 Å². The molecular formula is C20H17O2+. The van der Waals surface area contributed by atoms with Gasteiger partial charge in [-0.25, -0.2) is 0 Å². The molecule has 0 atom stereocenters. The third kappa shape index (κ3) is 4.04. The number of carbonyl (C=O) groups is 1. The Bertz CT molecular complexity index is 771. The Kier molecular flexibility index (Phi) is 5.06. The molecule has 0 aliphatic carbocycles. The van der Waals surface area contributed by atoms with Crippen LogP contribution in [0.25, 0.3) is 6.08 Å². The van der Waals surface area contributed by atoms with Crippen molar-refractivity contribution in [2.75, 3.05) is 0 Å². The fraction of sp³-hybridized carbons (Fsp3) is 0.100. The first kappa shape index (κ1) is 15.5. The minimum atomic E-state index is -0.175. The molecule has 0 unspecified atom stereocenters. The molecule has 0 saturated carbocycles. The van der Waals surface area contributed by atoms with E-state index < -0.39 is 0 Å². The number of benzene rings is 2. The van der Waals surface area contributed by atoms with Crippen LogP contribution in [0.15, 0.2) is 60.2 Å². The van der Waals surface area contributed by atoms with Gasteiger partial charge in [0.2, 0.25) is 0 Å². The van der Waals surface area contributed by atoms with Crippen LogP contribution in [0.3, 0.4) is 0 Å². The van der Waals surface area contributed by atoms with Gasteiger partial charge in [0.05, 0.1) is 6.92 Å². The van der Waals surface area contributed by atoms with Gasteiger partial charge in [-0.1, -0.05) is 48.2 Å². The summed E-state index contributed by atoms with van der Waals surface area (Å²) in [6, 6.07) is 17.3. The molecule has 0 heterocycles. The molecule has 0 spiro atoms. The first-order chi connectivity index (χ1) is 10.6. The van der Waals surface area contributed by atoms with Crippen LogP contribution >= 0.6 is 0 Å². The lowest BCUT2D eigenvalue weighted by molar-refractivity contribution is -0.113. The highest BCUT2D eigenvalue weighted by Crippen LogP contribution is 2.14. The lowest BCUT2D eigenvalue weighted by Crippen LogP contribution is -2.06. The molecule has 0 fully saturated rings. The molecule has 0 amide bonds. The molecule has 0 radical (unpaired) electrons. The highest BCUT2D eigenvalue weighted by Gasteiger charge is 2.15. The van der Waals surface area contributed by atoms with E-state index >= 15 is 0 Å². The van der Waals surface area contributed by atoms with Gasteiger partial charge in [0.15, 0.2) is 5.78 Å². The predicted molar refractivity (Wildman–Crippen MR) is 90.1 cm³/mol. The summed E-state index contributed by atoms with van der Waals surface area (Å²) in [4.78, 5) is 21.2. The molecule has 0 bridgehead atoms. The summed E-state index contributed by atoms with van der Waals surface area (Å²) >= 11 is 0. The highest BCUT2D eigenvalue weighted by atomic mass is 16.1. The standard InChI is InChI=1S/C20H16O2/c1-15(21)20(16(2)22)14-19-11-7-6-10-18(19)13-12-17-8-4-3-5-9-17/h3-11,14H,1-2H3/p+1. The summed E-state index contributed by atoms with van der Waals surface area (Å²) in [5, 5.41) is 0. The average Bonchev–Trinajstić information content (AvgIpc) is 2.52. The molecule has 22 heavy (non-hydrogen) atoms. The molecule has 2 rings (SSSR count). The van der Waals surface area contributed by atoms with Crippen LogP contribution in [0, 0.1) is 11.8 Å². The molecule has 2 aromatic carbocycles. The smallest absolute Gasteiger partial charge is 0.294 e. The van der Waals surface area contributed by atoms with Gasteiger partial charge in [-0.15, -0.1) is 0 Å². The van der Waals surface area contributed by atoms with Crippen molar-refractivity contribution < 1.29 is 9.59 Å². The predicted octanol–water partition coefficient (Wildman–Crippen LogP) is 3.62. The van der Waals surface area contributed by atoms with E-state index in [4.69, 9.17) is 0 Å². The number of carbonyl (C=O) groups excluding carboxylic acids is 2. The van der Waals surface area contributed by atoms with E-state index in [1.165, 1.54) is 13.8 Å². The fourth-order valence-electron chi connectivity index (χ4n) is 2.01. The number of allylic oxidation sites excluding steroid dienone is 1. The van der Waals surface area contributed by atoms with Crippen molar-refractivity contribution in [3.05, 3.63) is 76.9 Å². The van der Waals surface area contributed by atoms with E-state index in [0.29, 0.717) is 5.57 Å². The van der Waals surface area contributed by atoms with Gasteiger partial charge < -0.3 is 0 Å². The number of rotatable bonds is 3. The van der Waals surface area contributed by atoms with E-state index in [-0.39, 0.29) is 11.6 Å². The second-order valence-electron chi connectivity index (χ2n) is 4.90. The largest absolute Gasteiger partial charge is 0.324 e. The number of hydrogen-bond donors (Lipinski definition) is 0. The number of Topliss-reactive ketones (excluding diaryl/α,β-unsaturated/α-hetero) is 1. The molecule has 0 aliphatic rings. The summed E-state index contributed by atoms with van der Waals surface area (Å²) in [5.74, 6) is 6.05. The Morgan fingerprint density at radius 3 is 2.23 bits per heavy atom. The maximum atomic E-state index is 11.6. The molecule has 0 aromatic heterocycles. The van der Waals surface area contributed by atoms with E-state index in [9.17, 15) is 9.59 Å². The molecular weight excluding hydrogens is 272 g/mol. The SMILES string of the molecule is CC(=O)/C(=C/c1ccccc1C#Cc1ccccc1)C(C)=[OH+]. The van der Waals surface area contributed by atoms with Gasteiger partial charge in [-0.2, -0.15) is 0 Å². The Morgan fingerprint density at radius 2 is 1.59 bits per heavy atom. The van der Waals surface area contributed by atoms with Crippen molar-refractivity contribution >= 4 is 17.6 Å². The van der Waals surface area contributed by atoms with Crippen molar-refractivity contribution in [2.24, 2.45) is 0 Å². The lowest BCUT2D eigenvalue weighted by Gasteiger charge is -2.00. The second kappa shape index (κ2) is 7.19. The van der Waals surface area contributed by atoms with Crippen molar-refractivity contribution in [2.45, 2.75) is 13.8 Å². The van der Waals surface area contributed by atoms with Crippen LogP contribution in [-0.4, -0.2) is 16.4 Å². The van der Waals surface area contributed by atoms with Crippen LogP contribution in [0.2, 0.25) is 0 Å². The minimum Gasteiger partial charge on any atom is -0.294 e. The molecule has 0 aliphatic heterocycles. The summed E-state index contributed by atoms with van der Waals surface area (Å²) in [7, 11) is 0. The highest BCUT2D eigenvalue weighted by molar-refractivity contribution is 6.22. The van der Waals surface area contributed by atoms with Crippen LogP contribution in [0.5, 0.6) is 0 Å². The molecule has 0 saturated heterocycles. The van der Waals surface area contributed by atoms with Crippen LogP contribution in [0.1, 0.15) is 30.5 Å². The maximum Gasteiger partial charge on any atom is 0.324 e. The quantitative estimate of drug-likeness (QED) is 0.279. The minimum absolute atomic E-state index is 0.0123. The first-order valence-electron chi connectivity index (χ1n) is 6.99. The number of ketones is 2. The van der Waals surface area contributed by atoms with Crippen molar-refractivity contribution in [3.8, 4) is 11.8 Å². The Balaban J connectivity index is 2.44. The third-order valence-corrected chi connectivity index (χ3v) is 3.15. The average molecular weight is 289 g/mol. The van der Waals surface area contributed by atoms with Crippen LogP contribution in [0.4, 0.5) is 0 Å². The summed E-state index contributed by atoms with van der Waals surface area (Å²) in [6.45, 7) is 2.94. The zero-order chi connectivity index (χ0) is 15.9. The van der Waals surface area contributed by atoms with E-state index in [1.807, 2.05) is 54.6 Å². The maximum absolute atomic E-state index is 11.6. The van der Waals surface area contributed by atoms with Crippen molar-refractivity contribution in [1.29, 1.82) is 0 Å². The second-order valence-corrected chi connectivity index (χ2v) is 4.90. The zero-order valence-electron chi connectivity index (χ0n) is 12.6. The monoisotopic (exact) mass is 289 g/mol. The summed E-state index contributed by atoms with van der Waals surface area (Å²) in [5.41, 5.74) is 2.85. The molecule has 108 valence electrons. The van der Waals surface area contributed by atoms with Gasteiger partial charge in [-0.05, 0) is 36.8 Å². The molecule has 2 aromatic rings. The topological polar surface area (TPSA) is 38.5 Å². The lowest BCUT2D eigenvalue weighted by atomic mass is 10.0. The fourth-order valence-corrected chi connectivity index (χ4v) is 2.01. The third-order valence-electron chi connectivity index (χ3n) is 3.15. The molecule has 1 N–H and O–H groups in total. The Morgan fingerprint density at radius 1 is 0.955 bits per heavy atom. The summed E-state index contributed by atoms with van der Waals surface area (Å²) in [6.07, 6.45) is 1.67. The van der Waals surface area contributed by atoms with Gasteiger partial charge >= 0.3 is 5.78 Å².